The summed E-state index contributed by atoms with van der Waals surface area (Å²) in [5.41, 5.74) is 1.76. The van der Waals surface area contributed by atoms with Gasteiger partial charge in [0.1, 0.15) is 12.6 Å². The van der Waals surface area contributed by atoms with Gasteiger partial charge in [-0.2, -0.15) is 0 Å². The van der Waals surface area contributed by atoms with Crippen molar-refractivity contribution in [1.29, 1.82) is 0 Å². The SMILES string of the molecule is C#CCOCCOCCOCCOCCOCCOCCOCCC(=O)Nc1ccc2c(c1)CN(C1CCC(=O)NC1=O)C2=O. The van der Waals surface area contributed by atoms with Crippen LogP contribution in [0.1, 0.15) is 35.2 Å². The van der Waals surface area contributed by atoms with Gasteiger partial charge < -0.3 is 43.4 Å². The molecule has 1 fully saturated rings. The predicted molar refractivity (Wildman–Crippen MR) is 160 cm³/mol. The molecule has 1 aromatic carbocycles. The minimum Gasteiger partial charge on any atom is -0.379 e. The van der Waals surface area contributed by atoms with E-state index in [4.69, 9.17) is 39.6 Å². The zero-order chi connectivity index (χ0) is 32.1. The van der Waals surface area contributed by atoms with Crippen LogP contribution in [0.25, 0.3) is 0 Å². The molecule has 45 heavy (non-hydrogen) atoms. The average Bonchev–Trinajstić information content (AvgIpc) is 3.34. The number of rotatable bonds is 24. The number of imide groups is 1. The molecular weight excluding hydrogens is 590 g/mol. The van der Waals surface area contributed by atoms with Crippen LogP contribution in [0.15, 0.2) is 18.2 Å². The standard InChI is InChI=1S/C31H43N3O11/c1-2-8-39-10-12-41-14-16-43-18-20-45-21-19-44-17-15-42-13-11-40-9-7-29(36)32-25-3-4-26-24(22-25)23-34(31(26)38)27-5-6-28(35)33-30(27)37/h1,3-4,22,27H,5-21,23H2,(H,32,36)(H,33,35,37). The summed E-state index contributed by atoms with van der Waals surface area (Å²) in [6, 6.07) is 4.35. The van der Waals surface area contributed by atoms with Crippen molar-refractivity contribution in [1.82, 2.24) is 10.2 Å². The lowest BCUT2D eigenvalue weighted by atomic mass is 10.0. The van der Waals surface area contributed by atoms with Crippen molar-refractivity contribution in [2.75, 3.05) is 97.8 Å². The van der Waals surface area contributed by atoms with E-state index in [9.17, 15) is 19.2 Å². The number of amides is 4. The van der Waals surface area contributed by atoms with Crippen molar-refractivity contribution in [2.45, 2.75) is 31.8 Å². The Labute approximate surface area is 263 Å². The molecule has 2 N–H and O–H groups in total. The van der Waals surface area contributed by atoms with E-state index >= 15 is 0 Å². The average molecular weight is 634 g/mol. The Morgan fingerprint density at radius 2 is 1.36 bits per heavy atom. The first-order valence-electron chi connectivity index (χ1n) is 15.0. The lowest BCUT2D eigenvalue weighted by Gasteiger charge is -2.29. The van der Waals surface area contributed by atoms with Crippen molar-refractivity contribution in [3.63, 3.8) is 0 Å². The number of nitrogens with zero attached hydrogens (tertiary/aromatic N) is 1. The number of benzene rings is 1. The largest absolute Gasteiger partial charge is 0.379 e. The lowest BCUT2D eigenvalue weighted by Crippen LogP contribution is -2.52. The highest BCUT2D eigenvalue weighted by Gasteiger charge is 2.39. The molecule has 2 heterocycles. The van der Waals surface area contributed by atoms with Crippen LogP contribution >= 0.6 is 0 Å². The first kappa shape index (κ1) is 36.1. The van der Waals surface area contributed by atoms with Crippen LogP contribution in [-0.4, -0.2) is 127 Å². The Kier molecular flexibility index (Phi) is 17.1. The molecule has 1 aromatic rings. The third kappa shape index (κ3) is 13.6. The highest BCUT2D eigenvalue weighted by atomic mass is 16.6. The quantitative estimate of drug-likeness (QED) is 0.0929. The van der Waals surface area contributed by atoms with Gasteiger partial charge in [0.2, 0.25) is 17.7 Å². The number of carbonyl (C=O) groups is 4. The zero-order valence-corrected chi connectivity index (χ0v) is 25.6. The molecule has 0 saturated carbocycles. The van der Waals surface area contributed by atoms with Gasteiger partial charge in [-0.1, -0.05) is 5.92 Å². The van der Waals surface area contributed by atoms with E-state index < -0.39 is 11.9 Å². The second kappa shape index (κ2) is 21.3. The Morgan fingerprint density at radius 1 is 0.822 bits per heavy atom. The fourth-order valence-electron chi connectivity index (χ4n) is 4.49. The number of ether oxygens (including phenoxy) is 7. The van der Waals surface area contributed by atoms with Crippen LogP contribution < -0.4 is 10.6 Å². The van der Waals surface area contributed by atoms with E-state index in [0.717, 1.165) is 5.56 Å². The molecule has 14 heteroatoms. The predicted octanol–water partition coefficient (Wildman–Crippen LogP) is 0.526. The van der Waals surface area contributed by atoms with Crippen LogP contribution in [0, 0.1) is 12.3 Å². The summed E-state index contributed by atoms with van der Waals surface area (Å²) in [5, 5.41) is 5.09. The van der Waals surface area contributed by atoms with Gasteiger partial charge >= 0.3 is 0 Å². The number of carbonyl (C=O) groups excluding carboxylic acids is 4. The summed E-state index contributed by atoms with van der Waals surface area (Å²) in [7, 11) is 0. The summed E-state index contributed by atoms with van der Waals surface area (Å²) >= 11 is 0. The normalized spacial score (nSPS) is 16.0. The van der Waals surface area contributed by atoms with Crippen LogP contribution in [0.5, 0.6) is 0 Å². The molecule has 0 aromatic heterocycles. The topological polar surface area (TPSA) is 160 Å². The summed E-state index contributed by atoms with van der Waals surface area (Å²) in [6.45, 7) is 6.12. The third-order valence-electron chi connectivity index (χ3n) is 6.70. The maximum absolute atomic E-state index is 12.8. The highest BCUT2D eigenvalue weighted by molar-refractivity contribution is 6.05. The molecule has 1 unspecified atom stereocenters. The van der Waals surface area contributed by atoms with E-state index in [1.54, 1.807) is 18.2 Å². The monoisotopic (exact) mass is 633 g/mol. The Morgan fingerprint density at radius 3 is 1.89 bits per heavy atom. The molecule has 0 bridgehead atoms. The Balaban J connectivity index is 1.11. The summed E-state index contributed by atoms with van der Waals surface area (Å²) in [6.07, 6.45) is 5.72. The van der Waals surface area contributed by atoms with Gasteiger partial charge in [-0.05, 0) is 30.2 Å². The number of hydrogen-bond acceptors (Lipinski definition) is 11. The molecule has 3 rings (SSSR count). The van der Waals surface area contributed by atoms with Gasteiger partial charge in [0.25, 0.3) is 5.91 Å². The fourth-order valence-corrected chi connectivity index (χ4v) is 4.49. The first-order chi connectivity index (χ1) is 22.0. The minimum absolute atomic E-state index is 0.156. The molecule has 1 atom stereocenters. The minimum atomic E-state index is -0.681. The molecule has 14 nitrogen and oxygen atoms in total. The van der Waals surface area contributed by atoms with Gasteiger partial charge in [0, 0.05) is 24.2 Å². The molecule has 0 aliphatic carbocycles. The van der Waals surface area contributed by atoms with Crippen molar-refractivity contribution in [2.24, 2.45) is 0 Å². The van der Waals surface area contributed by atoms with Crippen LogP contribution in [0.4, 0.5) is 5.69 Å². The molecule has 4 amide bonds. The van der Waals surface area contributed by atoms with Gasteiger partial charge in [-0.15, -0.1) is 6.42 Å². The van der Waals surface area contributed by atoms with Crippen LogP contribution in [-0.2, 0) is 54.1 Å². The van der Waals surface area contributed by atoms with Crippen molar-refractivity contribution in [3.05, 3.63) is 29.3 Å². The molecule has 248 valence electrons. The number of hydrogen-bond donors (Lipinski definition) is 2. The molecular formula is C31H43N3O11. The molecule has 0 radical (unpaired) electrons. The summed E-state index contributed by atoms with van der Waals surface area (Å²) in [4.78, 5) is 50.2. The number of nitrogens with one attached hydrogen (secondary N) is 2. The van der Waals surface area contributed by atoms with Crippen LogP contribution in [0.2, 0.25) is 0 Å². The Bertz CT molecular complexity index is 1140. The maximum atomic E-state index is 12.8. The molecule has 1 saturated heterocycles. The number of piperidine rings is 1. The first-order valence-corrected chi connectivity index (χ1v) is 15.0. The van der Waals surface area contributed by atoms with Gasteiger partial charge in [0.15, 0.2) is 0 Å². The smallest absolute Gasteiger partial charge is 0.255 e. The number of terminal acetylenes is 1. The molecule has 2 aliphatic rings. The zero-order valence-electron chi connectivity index (χ0n) is 25.6. The van der Waals surface area contributed by atoms with Crippen LogP contribution in [0.3, 0.4) is 0 Å². The van der Waals surface area contributed by atoms with Crippen molar-refractivity contribution < 1.29 is 52.3 Å². The van der Waals surface area contributed by atoms with Gasteiger partial charge in [0.05, 0.1) is 92.3 Å². The van der Waals surface area contributed by atoms with E-state index in [1.165, 1.54) is 4.90 Å². The second-order valence-corrected chi connectivity index (χ2v) is 10.0. The fraction of sp³-hybridized carbons (Fsp3) is 0.613. The summed E-state index contributed by atoms with van der Waals surface area (Å²) < 4.78 is 37.6. The number of anilines is 1. The van der Waals surface area contributed by atoms with Crippen molar-refractivity contribution in [3.8, 4) is 12.3 Å². The van der Waals surface area contributed by atoms with E-state index in [2.05, 4.69) is 16.6 Å². The summed E-state index contributed by atoms with van der Waals surface area (Å²) in [5.74, 6) is 1.11. The van der Waals surface area contributed by atoms with E-state index in [1.807, 2.05) is 0 Å². The molecule has 0 spiro atoms. The highest BCUT2D eigenvalue weighted by Crippen LogP contribution is 2.29. The van der Waals surface area contributed by atoms with E-state index in [-0.39, 0.29) is 50.3 Å². The maximum Gasteiger partial charge on any atom is 0.255 e. The Hall–Kier alpha value is -3.42. The van der Waals surface area contributed by atoms with Gasteiger partial charge in [-0.25, -0.2) is 0 Å². The van der Waals surface area contributed by atoms with Gasteiger partial charge in [-0.3, -0.25) is 24.5 Å². The second-order valence-electron chi connectivity index (χ2n) is 10.0. The third-order valence-corrected chi connectivity index (χ3v) is 6.70. The molecule has 2 aliphatic heterocycles. The van der Waals surface area contributed by atoms with E-state index in [0.29, 0.717) is 97.0 Å². The lowest BCUT2D eigenvalue weighted by molar-refractivity contribution is -0.137. The number of fused-ring (bicyclic) bond motifs is 1. The van der Waals surface area contributed by atoms with Crippen molar-refractivity contribution >= 4 is 29.3 Å².